The molecule has 3 atom stereocenters. The van der Waals surface area contributed by atoms with Gasteiger partial charge in [0, 0.05) is 65.2 Å². The van der Waals surface area contributed by atoms with Crippen molar-refractivity contribution in [3.63, 3.8) is 0 Å². The van der Waals surface area contributed by atoms with E-state index in [1.165, 1.54) is 0 Å². The van der Waals surface area contributed by atoms with Crippen LogP contribution in [0.15, 0.2) is 24.3 Å². The summed E-state index contributed by atoms with van der Waals surface area (Å²) in [6.07, 6.45) is 21.3. The summed E-state index contributed by atoms with van der Waals surface area (Å²) in [5, 5.41) is 5.91. The molecular formula is C45H89N11O5. The highest BCUT2D eigenvalue weighted by Crippen LogP contribution is 2.11. The molecule has 354 valence electrons. The first kappa shape index (κ1) is 57.6. The number of carbonyl (C=O) groups is 5. The van der Waals surface area contributed by atoms with Crippen molar-refractivity contribution in [1.82, 2.24) is 25.3 Å². The molecule has 0 aliphatic carbocycles. The van der Waals surface area contributed by atoms with Gasteiger partial charge in [0.2, 0.25) is 29.5 Å². The molecule has 0 fully saturated rings. The van der Waals surface area contributed by atoms with Crippen molar-refractivity contribution < 1.29 is 24.0 Å². The van der Waals surface area contributed by atoms with Gasteiger partial charge < -0.3 is 59.7 Å². The molecule has 0 aromatic carbocycles. The molecule has 5 amide bonds. The van der Waals surface area contributed by atoms with Crippen LogP contribution in [0.4, 0.5) is 0 Å². The molecule has 0 unspecified atom stereocenters. The van der Waals surface area contributed by atoms with Gasteiger partial charge in [-0.25, -0.2) is 0 Å². The summed E-state index contributed by atoms with van der Waals surface area (Å²) in [6, 6.07) is -1.98. The highest BCUT2D eigenvalue weighted by Gasteiger charge is 2.25. The molecule has 0 aromatic heterocycles. The predicted octanol–water partition coefficient (Wildman–Crippen LogP) is 2.52. The van der Waals surface area contributed by atoms with Gasteiger partial charge in [0.15, 0.2) is 0 Å². The normalized spacial score (nSPS) is 13.0. The largest absolute Gasteiger partial charge is 0.356 e. The summed E-state index contributed by atoms with van der Waals surface area (Å²) < 4.78 is 0. The van der Waals surface area contributed by atoms with E-state index >= 15 is 0 Å². The van der Waals surface area contributed by atoms with Gasteiger partial charge in [0.25, 0.3) is 0 Å². The number of carbonyl (C=O) groups excluding carboxylic acids is 5. The number of nitrogens with zero attached hydrogens (tertiary/aromatic N) is 3. The molecule has 0 aliphatic rings. The molecular weight excluding hydrogens is 775 g/mol. The first-order chi connectivity index (χ1) is 29.5. The van der Waals surface area contributed by atoms with E-state index in [-0.39, 0.29) is 29.5 Å². The average Bonchev–Trinajstić information content (AvgIpc) is 3.25. The first-order valence-corrected chi connectivity index (χ1v) is 23.5. The number of unbranched alkanes of at least 4 members (excludes halogenated alkanes) is 4. The highest BCUT2D eigenvalue weighted by molar-refractivity contribution is 5.83. The van der Waals surface area contributed by atoms with E-state index in [2.05, 4.69) is 24.5 Å². The van der Waals surface area contributed by atoms with Crippen LogP contribution >= 0.6 is 0 Å². The van der Waals surface area contributed by atoms with E-state index in [1.807, 2.05) is 24.3 Å². The second kappa shape index (κ2) is 39.4. The molecule has 0 rings (SSSR count). The number of hydrogen-bond donors (Lipinski definition) is 8. The van der Waals surface area contributed by atoms with Crippen molar-refractivity contribution in [3.8, 4) is 0 Å². The molecule has 0 aromatic rings. The summed E-state index contributed by atoms with van der Waals surface area (Å²) in [5.41, 5.74) is 36.2. The van der Waals surface area contributed by atoms with E-state index in [0.29, 0.717) is 149 Å². The zero-order valence-corrected chi connectivity index (χ0v) is 38.3. The van der Waals surface area contributed by atoms with Gasteiger partial charge in [0.05, 0.1) is 18.1 Å². The van der Waals surface area contributed by atoms with Gasteiger partial charge in [-0.05, 0) is 116 Å². The van der Waals surface area contributed by atoms with Gasteiger partial charge in [0.1, 0.15) is 0 Å². The number of hydrogen-bond acceptors (Lipinski definition) is 11. The van der Waals surface area contributed by atoms with Crippen LogP contribution in [0.2, 0.25) is 0 Å². The fourth-order valence-corrected chi connectivity index (χ4v) is 6.82. The number of nitrogens with one attached hydrogen (secondary N) is 2. The molecule has 0 saturated heterocycles. The van der Waals surface area contributed by atoms with E-state index in [9.17, 15) is 24.0 Å². The Morgan fingerprint density at radius 2 is 0.754 bits per heavy atom. The fourth-order valence-electron chi connectivity index (χ4n) is 6.82. The van der Waals surface area contributed by atoms with Crippen LogP contribution in [-0.4, -0.2) is 134 Å². The van der Waals surface area contributed by atoms with Gasteiger partial charge in [-0.3, -0.25) is 24.0 Å². The SMILES string of the molecule is CC/C=C\CCC(=O)NCCCN(CCCCN(CCCN(CCCNC(=O)CC/C=C\CC)C(=O)[C@@H](N)CCCCN)C(=O)[C@@H](N)CCCCN)C(=O)[C@@H](N)CCCCN. The van der Waals surface area contributed by atoms with Crippen molar-refractivity contribution in [2.45, 2.75) is 160 Å². The minimum atomic E-state index is -0.677. The highest BCUT2D eigenvalue weighted by atomic mass is 16.2. The maximum atomic E-state index is 13.8. The smallest absolute Gasteiger partial charge is 0.239 e. The van der Waals surface area contributed by atoms with E-state index < -0.39 is 18.1 Å². The summed E-state index contributed by atoms with van der Waals surface area (Å²) in [5.74, 6) is -0.477. The lowest BCUT2D eigenvalue weighted by atomic mass is 10.1. The molecule has 0 saturated carbocycles. The van der Waals surface area contributed by atoms with E-state index in [0.717, 1.165) is 51.4 Å². The Morgan fingerprint density at radius 3 is 1.07 bits per heavy atom. The van der Waals surface area contributed by atoms with Crippen molar-refractivity contribution in [1.29, 1.82) is 0 Å². The van der Waals surface area contributed by atoms with Crippen LogP contribution in [0.5, 0.6) is 0 Å². The zero-order chi connectivity index (χ0) is 45.5. The molecule has 0 aliphatic heterocycles. The lowest BCUT2D eigenvalue weighted by Crippen LogP contribution is -2.47. The number of amides is 5. The Morgan fingerprint density at radius 1 is 0.443 bits per heavy atom. The standard InChI is InChI=1S/C45H89N11O5/c1-3-5-7-9-25-41(57)52-30-19-34-54(43(59)38(49)22-11-14-27-46)32-17-18-33-55(44(60)39(50)23-12-15-28-47)36-21-37-56(45(61)40(51)24-13-16-29-48)35-20-31-53-42(58)26-10-8-6-4-2/h5-8,38-40H,3-4,9-37,46-51H2,1-2H3,(H,52,57)(H,53,58)/b7-5-,8-6-/t38-,39-,40-/m0/s1. The summed E-state index contributed by atoms with van der Waals surface area (Å²) in [7, 11) is 0. The van der Waals surface area contributed by atoms with Crippen LogP contribution in [0.3, 0.4) is 0 Å². The summed E-state index contributed by atoms with van der Waals surface area (Å²) in [4.78, 5) is 70.7. The second-order valence-corrected chi connectivity index (χ2v) is 16.0. The van der Waals surface area contributed by atoms with Gasteiger partial charge in [-0.1, -0.05) is 57.4 Å². The minimum absolute atomic E-state index is 0.0176. The maximum Gasteiger partial charge on any atom is 0.239 e. The van der Waals surface area contributed by atoms with E-state index in [4.69, 9.17) is 34.4 Å². The van der Waals surface area contributed by atoms with Crippen molar-refractivity contribution in [2.24, 2.45) is 34.4 Å². The third-order valence-corrected chi connectivity index (χ3v) is 10.5. The van der Waals surface area contributed by atoms with Crippen LogP contribution in [-0.2, 0) is 24.0 Å². The van der Waals surface area contributed by atoms with Crippen molar-refractivity contribution in [2.75, 3.05) is 72.0 Å². The number of rotatable bonds is 40. The molecule has 0 radical (unpaired) electrons. The fraction of sp³-hybridized carbons (Fsp3) is 0.800. The molecule has 61 heavy (non-hydrogen) atoms. The Bertz CT molecular complexity index is 1220. The zero-order valence-electron chi connectivity index (χ0n) is 38.3. The quantitative estimate of drug-likeness (QED) is 0.0328. The van der Waals surface area contributed by atoms with Gasteiger partial charge >= 0.3 is 0 Å². The van der Waals surface area contributed by atoms with Crippen LogP contribution in [0.1, 0.15) is 142 Å². The van der Waals surface area contributed by atoms with Gasteiger partial charge in [-0.2, -0.15) is 0 Å². The summed E-state index contributed by atoms with van der Waals surface area (Å²) >= 11 is 0. The molecule has 16 nitrogen and oxygen atoms in total. The third-order valence-electron chi connectivity index (χ3n) is 10.5. The Balaban J connectivity index is 5.71. The molecule has 0 heterocycles. The third kappa shape index (κ3) is 30.3. The van der Waals surface area contributed by atoms with Gasteiger partial charge in [-0.15, -0.1) is 0 Å². The van der Waals surface area contributed by atoms with Crippen molar-refractivity contribution >= 4 is 29.5 Å². The topological polar surface area (TPSA) is 275 Å². The first-order valence-electron chi connectivity index (χ1n) is 23.5. The minimum Gasteiger partial charge on any atom is -0.356 e. The molecule has 14 N–H and O–H groups in total. The van der Waals surface area contributed by atoms with Crippen LogP contribution in [0.25, 0.3) is 0 Å². The number of allylic oxidation sites excluding steroid dienone is 4. The monoisotopic (exact) mass is 864 g/mol. The second-order valence-electron chi connectivity index (χ2n) is 16.0. The lowest BCUT2D eigenvalue weighted by Gasteiger charge is -2.30. The molecule has 0 bridgehead atoms. The maximum absolute atomic E-state index is 13.8. The Hall–Kier alpha value is -3.41. The molecule has 0 spiro atoms. The Labute approximate surface area is 369 Å². The van der Waals surface area contributed by atoms with E-state index in [1.54, 1.807) is 14.7 Å². The Kier molecular flexibility index (Phi) is 37.2. The van der Waals surface area contributed by atoms with Crippen molar-refractivity contribution in [3.05, 3.63) is 24.3 Å². The summed E-state index contributed by atoms with van der Waals surface area (Å²) in [6.45, 7) is 9.14. The average molecular weight is 864 g/mol. The lowest BCUT2D eigenvalue weighted by molar-refractivity contribution is -0.135. The predicted molar refractivity (Wildman–Crippen MR) is 249 cm³/mol. The molecule has 16 heteroatoms. The van der Waals surface area contributed by atoms with Crippen LogP contribution in [0, 0.1) is 0 Å². The number of nitrogens with two attached hydrogens (primary N) is 6. The van der Waals surface area contributed by atoms with Crippen LogP contribution < -0.4 is 45.0 Å².